The standard InChI is InChI=1S/C21H18ClN5O4/c1-10-9-23-18-15(20(29)27(4)21(30)26(18)3)16(10)24-19(28)14-11(2)31-25-17(14)12-7-5-6-8-13(12)22/h5-9H,1-4H3,(H,23,24,28). The van der Waals surface area contributed by atoms with E-state index in [1.165, 1.54) is 24.9 Å². The molecule has 0 aliphatic heterocycles. The summed E-state index contributed by atoms with van der Waals surface area (Å²) in [6, 6.07) is 6.96. The van der Waals surface area contributed by atoms with Crippen LogP contribution < -0.4 is 16.6 Å². The maximum Gasteiger partial charge on any atom is 0.332 e. The van der Waals surface area contributed by atoms with Crippen LogP contribution in [0.5, 0.6) is 0 Å². The highest BCUT2D eigenvalue weighted by atomic mass is 35.5. The second-order valence-corrected chi connectivity index (χ2v) is 7.52. The molecule has 0 saturated heterocycles. The zero-order valence-electron chi connectivity index (χ0n) is 17.2. The Bertz CT molecular complexity index is 1480. The van der Waals surface area contributed by atoms with Crippen LogP contribution in [0.1, 0.15) is 21.7 Å². The number of aromatic nitrogens is 4. The zero-order chi connectivity index (χ0) is 22.4. The average Bonchev–Trinajstić information content (AvgIpc) is 3.13. The summed E-state index contributed by atoms with van der Waals surface area (Å²) in [7, 11) is 2.88. The van der Waals surface area contributed by atoms with E-state index in [0.717, 1.165) is 4.57 Å². The number of hydrogen-bond acceptors (Lipinski definition) is 6. The number of pyridine rings is 1. The molecule has 31 heavy (non-hydrogen) atoms. The van der Waals surface area contributed by atoms with Crippen molar-refractivity contribution in [1.29, 1.82) is 0 Å². The molecule has 0 fully saturated rings. The molecule has 10 heteroatoms. The van der Waals surface area contributed by atoms with E-state index in [2.05, 4.69) is 15.5 Å². The largest absolute Gasteiger partial charge is 0.360 e. The van der Waals surface area contributed by atoms with Gasteiger partial charge in [0.25, 0.3) is 11.5 Å². The normalized spacial score (nSPS) is 11.1. The third-order valence-electron chi connectivity index (χ3n) is 5.12. The number of carbonyl (C=O) groups is 1. The molecule has 3 heterocycles. The zero-order valence-corrected chi connectivity index (χ0v) is 17.9. The number of carbonyl (C=O) groups excluding carboxylic acids is 1. The lowest BCUT2D eigenvalue weighted by atomic mass is 10.0. The van der Waals surface area contributed by atoms with E-state index >= 15 is 0 Å². The number of anilines is 1. The summed E-state index contributed by atoms with van der Waals surface area (Å²) >= 11 is 6.28. The Morgan fingerprint density at radius 3 is 2.55 bits per heavy atom. The van der Waals surface area contributed by atoms with E-state index in [-0.39, 0.29) is 28.0 Å². The third kappa shape index (κ3) is 3.23. The summed E-state index contributed by atoms with van der Waals surface area (Å²) in [5, 5.41) is 7.34. The molecule has 0 aliphatic carbocycles. The Balaban J connectivity index is 1.90. The van der Waals surface area contributed by atoms with Crippen LogP contribution in [0.25, 0.3) is 22.3 Å². The van der Waals surface area contributed by atoms with Gasteiger partial charge >= 0.3 is 5.69 Å². The van der Waals surface area contributed by atoms with Crippen LogP contribution in [0.2, 0.25) is 5.02 Å². The van der Waals surface area contributed by atoms with Gasteiger partial charge in [-0.25, -0.2) is 9.78 Å². The van der Waals surface area contributed by atoms with Crippen LogP contribution in [0.4, 0.5) is 5.69 Å². The SMILES string of the molecule is Cc1cnc2c(c1NC(=O)c1c(-c3ccccc3Cl)noc1C)c(=O)n(C)c(=O)n2C. The molecule has 1 N–H and O–H groups in total. The van der Waals surface area contributed by atoms with Crippen LogP contribution in [0.3, 0.4) is 0 Å². The van der Waals surface area contributed by atoms with Crippen LogP contribution in [-0.2, 0) is 14.1 Å². The van der Waals surface area contributed by atoms with Gasteiger partial charge in [0.1, 0.15) is 22.4 Å². The van der Waals surface area contributed by atoms with E-state index in [1.807, 2.05) is 0 Å². The van der Waals surface area contributed by atoms with E-state index in [0.29, 0.717) is 21.9 Å². The molecule has 3 aromatic heterocycles. The van der Waals surface area contributed by atoms with Gasteiger partial charge in [-0.15, -0.1) is 0 Å². The molecule has 4 aromatic rings. The van der Waals surface area contributed by atoms with Crippen molar-refractivity contribution in [3.63, 3.8) is 0 Å². The average molecular weight is 440 g/mol. The summed E-state index contributed by atoms with van der Waals surface area (Å²) in [5.41, 5.74) is 0.945. The molecule has 9 nitrogen and oxygen atoms in total. The van der Waals surface area contributed by atoms with Crippen LogP contribution >= 0.6 is 11.6 Å². The van der Waals surface area contributed by atoms with Crippen LogP contribution in [-0.4, -0.2) is 25.2 Å². The monoisotopic (exact) mass is 439 g/mol. The van der Waals surface area contributed by atoms with Gasteiger partial charge < -0.3 is 9.84 Å². The lowest BCUT2D eigenvalue weighted by Crippen LogP contribution is -2.37. The number of nitrogens with one attached hydrogen (secondary N) is 1. The van der Waals surface area contributed by atoms with Crippen molar-refractivity contribution in [2.24, 2.45) is 14.1 Å². The number of nitrogens with zero attached hydrogens (tertiary/aromatic N) is 4. The summed E-state index contributed by atoms with van der Waals surface area (Å²) < 4.78 is 7.49. The van der Waals surface area contributed by atoms with Crippen LogP contribution in [0.15, 0.2) is 44.6 Å². The van der Waals surface area contributed by atoms with Crippen molar-refractivity contribution in [2.75, 3.05) is 5.32 Å². The fourth-order valence-electron chi connectivity index (χ4n) is 3.44. The highest BCUT2D eigenvalue weighted by Crippen LogP contribution is 2.32. The Labute approximate surface area is 180 Å². The van der Waals surface area contributed by atoms with E-state index < -0.39 is 17.2 Å². The predicted molar refractivity (Wildman–Crippen MR) is 117 cm³/mol. The molecular formula is C21H18ClN5O4. The summed E-state index contributed by atoms with van der Waals surface area (Å²) in [5.74, 6) is -0.232. The second-order valence-electron chi connectivity index (χ2n) is 7.12. The number of benzene rings is 1. The molecule has 4 rings (SSSR count). The minimum Gasteiger partial charge on any atom is -0.360 e. The number of fused-ring (bicyclic) bond motifs is 1. The first-order valence-electron chi connectivity index (χ1n) is 9.30. The first-order chi connectivity index (χ1) is 14.7. The third-order valence-corrected chi connectivity index (χ3v) is 5.45. The van der Waals surface area contributed by atoms with Gasteiger partial charge in [0.2, 0.25) is 0 Å². The van der Waals surface area contributed by atoms with Crippen molar-refractivity contribution in [1.82, 2.24) is 19.3 Å². The second kappa shape index (κ2) is 7.51. The highest BCUT2D eigenvalue weighted by Gasteiger charge is 2.25. The quantitative estimate of drug-likeness (QED) is 0.525. The fraction of sp³-hybridized carbons (Fsp3) is 0.190. The topological polar surface area (TPSA) is 112 Å². The first kappa shape index (κ1) is 20.5. The fourth-order valence-corrected chi connectivity index (χ4v) is 3.66. The van der Waals surface area contributed by atoms with Crippen molar-refractivity contribution >= 4 is 34.2 Å². The number of amides is 1. The van der Waals surface area contributed by atoms with Gasteiger partial charge in [0.15, 0.2) is 5.65 Å². The molecule has 0 spiro atoms. The highest BCUT2D eigenvalue weighted by molar-refractivity contribution is 6.33. The maximum atomic E-state index is 13.3. The molecule has 0 atom stereocenters. The molecular weight excluding hydrogens is 422 g/mol. The number of aryl methyl sites for hydroxylation is 3. The van der Waals surface area contributed by atoms with E-state index in [9.17, 15) is 14.4 Å². The lowest BCUT2D eigenvalue weighted by molar-refractivity contribution is 0.102. The summed E-state index contributed by atoms with van der Waals surface area (Å²) in [6.07, 6.45) is 1.49. The Hall–Kier alpha value is -3.72. The lowest BCUT2D eigenvalue weighted by Gasteiger charge is -2.14. The Morgan fingerprint density at radius 1 is 1.13 bits per heavy atom. The van der Waals surface area contributed by atoms with E-state index in [4.69, 9.17) is 16.1 Å². The number of halogens is 1. The van der Waals surface area contributed by atoms with Crippen molar-refractivity contribution < 1.29 is 9.32 Å². The van der Waals surface area contributed by atoms with Crippen LogP contribution in [0, 0.1) is 13.8 Å². The van der Waals surface area contributed by atoms with Crippen molar-refractivity contribution in [2.45, 2.75) is 13.8 Å². The van der Waals surface area contributed by atoms with Gasteiger partial charge in [0.05, 0.1) is 10.7 Å². The summed E-state index contributed by atoms with van der Waals surface area (Å²) in [6.45, 7) is 3.32. The molecule has 0 saturated carbocycles. The molecule has 1 aromatic carbocycles. The molecule has 0 unspecified atom stereocenters. The Morgan fingerprint density at radius 2 is 1.84 bits per heavy atom. The molecule has 0 aliphatic rings. The number of rotatable bonds is 3. The van der Waals surface area contributed by atoms with Gasteiger partial charge in [-0.05, 0) is 25.5 Å². The minimum atomic E-state index is -0.557. The minimum absolute atomic E-state index is 0.131. The Kier molecular flexibility index (Phi) is 4.98. The smallest absolute Gasteiger partial charge is 0.332 e. The van der Waals surface area contributed by atoms with Crippen molar-refractivity contribution in [3.05, 3.63) is 73.2 Å². The first-order valence-corrected chi connectivity index (χ1v) is 9.68. The van der Waals surface area contributed by atoms with E-state index in [1.54, 1.807) is 38.1 Å². The van der Waals surface area contributed by atoms with Crippen molar-refractivity contribution in [3.8, 4) is 11.3 Å². The molecule has 0 bridgehead atoms. The van der Waals surface area contributed by atoms with Gasteiger partial charge in [0, 0.05) is 25.9 Å². The molecule has 158 valence electrons. The summed E-state index contributed by atoms with van der Waals surface area (Å²) in [4.78, 5) is 42.6. The molecule has 1 amide bonds. The maximum absolute atomic E-state index is 13.3. The predicted octanol–water partition coefficient (Wildman–Crippen LogP) is 2.81. The van der Waals surface area contributed by atoms with Gasteiger partial charge in [-0.2, -0.15) is 0 Å². The number of hydrogen-bond donors (Lipinski definition) is 1. The van der Waals surface area contributed by atoms with Gasteiger partial charge in [-0.1, -0.05) is 35.0 Å². The molecule has 0 radical (unpaired) electrons. The van der Waals surface area contributed by atoms with Gasteiger partial charge in [-0.3, -0.25) is 18.7 Å².